The van der Waals surface area contributed by atoms with Crippen LogP contribution in [0.2, 0.25) is 5.04 Å². The summed E-state index contributed by atoms with van der Waals surface area (Å²) in [6.07, 6.45) is 1.33. The average Bonchev–Trinajstić information content (AvgIpc) is 3.34. The van der Waals surface area contributed by atoms with Crippen LogP contribution in [-0.4, -0.2) is 43.4 Å². The maximum Gasteiger partial charge on any atom is 0.513 e. The second kappa shape index (κ2) is 17.6. The fraction of sp³-hybridized carbons (Fsp3) is 0.333. The lowest BCUT2D eigenvalue weighted by molar-refractivity contribution is -0.138. The zero-order valence-electron chi connectivity index (χ0n) is 32.3. The minimum absolute atomic E-state index is 0.0477. The molecule has 0 amide bonds. The van der Waals surface area contributed by atoms with Gasteiger partial charge in [0, 0.05) is 16.8 Å². The average molecular weight is 779 g/mol. The molecule has 2 atom stereocenters. The van der Waals surface area contributed by atoms with Gasteiger partial charge < -0.3 is 14.3 Å². The molecule has 1 heterocycles. The van der Waals surface area contributed by atoms with Crippen LogP contribution in [0.4, 0.5) is 4.39 Å². The van der Waals surface area contributed by atoms with Crippen molar-refractivity contribution < 1.29 is 32.5 Å². The molecule has 1 aromatic heterocycles. The molecule has 0 bridgehead atoms. The van der Waals surface area contributed by atoms with Crippen molar-refractivity contribution in [3.63, 3.8) is 0 Å². The molecule has 55 heavy (non-hydrogen) atoms. The van der Waals surface area contributed by atoms with Crippen LogP contribution >= 0.6 is 8.03 Å². The van der Waals surface area contributed by atoms with E-state index in [0.717, 1.165) is 68.8 Å². The van der Waals surface area contributed by atoms with E-state index < -0.39 is 33.5 Å². The lowest BCUT2D eigenvalue weighted by Gasteiger charge is -2.44. The van der Waals surface area contributed by atoms with E-state index in [1.807, 2.05) is 66.7 Å². The van der Waals surface area contributed by atoms with Gasteiger partial charge in [-0.1, -0.05) is 132 Å². The smallest absolute Gasteiger partial charge is 0.481 e. The number of hydrogen-bond acceptors (Lipinski definition) is 6. The Bertz CT molecular complexity index is 2070. The molecule has 0 saturated heterocycles. The van der Waals surface area contributed by atoms with E-state index in [-0.39, 0.29) is 37.7 Å². The van der Waals surface area contributed by atoms with Crippen LogP contribution in [0.15, 0.2) is 109 Å². The number of pyridine rings is 1. The van der Waals surface area contributed by atoms with E-state index in [0.29, 0.717) is 0 Å². The maximum absolute atomic E-state index is 14.2. The van der Waals surface area contributed by atoms with E-state index in [1.54, 1.807) is 12.1 Å². The molecular weight excluding hydrogens is 729 g/mol. The minimum Gasteiger partial charge on any atom is -0.481 e. The first kappa shape index (κ1) is 40.3. The number of aromatic nitrogens is 1. The van der Waals surface area contributed by atoms with Gasteiger partial charge in [-0.2, -0.15) is 0 Å². The lowest BCUT2D eigenvalue weighted by Crippen LogP contribution is -2.68. The van der Waals surface area contributed by atoms with Gasteiger partial charge in [0.05, 0.1) is 18.7 Å². The number of carboxylic acid groups (broad SMARTS) is 1. The summed E-state index contributed by atoms with van der Waals surface area (Å²) in [6, 6.07) is 34.8. The Balaban J connectivity index is 1.26. The zero-order chi connectivity index (χ0) is 39.2. The van der Waals surface area contributed by atoms with Crippen LogP contribution in [0.1, 0.15) is 75.8 Å². The molecule has 0 spiro atoms. The van der Waals surface area contributed by atoms with Gasteiger partial charge in [-0.05, 0) is 79.5 Å². The van der Waals surface area contributed by atoms with Gasteiger partial charge in [0.1, 0.15) is 11.9 Å². The summed E-state index contributed by atoms with van der Waals surface area (Å²) in [5.74, 6) is -1.31. The highest BCUT2D eigenvalue weighted by Crippen LogP contribution is 2.42. The third-order valence-corrected chi connectivity index (χ3v) is 16.5. The van der Waals surface area contributed by atoms with Gasteiger partial charge in [-0.15, -0.1) is 4.52 Å². The second-order valence-corrected chi connectivity index (χ2v) is 21.0. The number of rotatable bonds is 15. The molecule has 286 valence electrons. The SMILES string of the molecule is CC(C)c1nc2c(c(-c3ccc(F)cc3)c1COCO[P+](=O)C[C@H](CC(=O)O)O[Si](c1ccccc1)(c1ccccc1)C(C)(C)C)CCCc1ccccc1-2. The quantitative estimate of drug-likeness (QED) is 0.0490. The van der Waals surface area contributed by atoms with Crippen LogP contribution in [0.5, 0.6) is 0 Å². The number of benzene rings is 4. The molecule has 0 aliphatic heterocycles. The summed E-state index contributed by atoms with van der Waals surface area (Å²) in [7, 11) is -5.51. The van der Waals surface area contributed by atoms with Crippen molar-refractivity contribution in [2.24, 2.45) is 0 Å². The number of carboxylic acids is 1. The molecule has 0 saturated carbocycles. The highest BCUT2D eigenvalue weighted by molar-refractivity contribution is 7.39. The zero-order valence-corrected chi connectivity index (χ0v) is 34.2. The standard InChI is InChI=1S/C45H49FNO6PSi/c1-31(2)43-40(42(33-23-25-34(46)26-24-33)39-22-14-16-32-15-12-13-21-38(32)44(39)47-43)28-51-30-52-54(50)29-35(27-41(48)49)53-55(45(3,4)5,36-17-8-6-9-18-36)37-19-10-7-11-20-37/h6-13,15,17-21,23-26,31,35H,14,16,22,27-30H2,1-5H3/p+1/t35-/m0/s1. The summed E-state index contributed by atoms with van der Waals surface area (Å²) in [5, 5.41) is 11.6. The van der Waals surface area contributed by atoms with Crippen LogP contribution in [0.25, 0.3) is 22.4 Å². The van der Waals surface area contributed by atoms with E-state index >= 15 is 0 Å². The number of halogens is 1. The fourth-order valence-corrected chi connectivity index (χ4v) is 13.6. The van der Waals surface area contributed by atoms with Gasteiger partial charge in [0.25, 0.3) is 8.32 Å². The van der Waals surface area contributed by atoms with Gasteiger partial charge in [-0.3, -0.25) is 9.78 Å². The predicted molar refractivity (Wildman–Crippen MR) is 219 cm³/mol. The molecule has 7 nitrogen and oxygen atoms in total. The van der Waals surface area contributed by atoms with Gasteiger partial charge in [-0.25, -0.2) is 4.39 Å². The van der Waals surface area contributed by atoms with E-state index in [9.17, 15) is 18.9 Å². The largest absolute Gasteiger partial charge is 0.513 e. The number of hydrogen-bond donors (Lipinski definition) is 1. The highest BCUT2D eigenvalue weighted by atomic mass is 31.1. The van der Waals surface area contributed by atoms with Crippen molar-refractivity contribution in [3.05, 3.63) is 137 Å². The molecule has 5 aromatic rings. The minimum atomic E-state index is -3.13. The topological polar surface area (TPSA) is 95.0 Å². The molecule has 6 rings (SSSR count). The Morgan fingerprint density at radius 3 is 2.11 bits per heavy atom. The lowest BCUT2D eigenvalue weighted by atomic mass is 9.87. The molecule has 4 aromatic carbocycles. The first-order valence-corrected chi connectivity index (χ1v) is 22.2. The number of aliphatic carboxylic acids is 1. The summed E-state index contributed by atoms with van der Waals surface area (Å²) in [6.45, 7) is 10.4. The number of nitrogens with zero attached hydrogens (tertiary/aromatic N) is 1. The molecule has 10 heteroatoms. The molecule has 1 aliphatic rings. The third kappa shape index (κ3) is 9.03. The molecule has 1 aliphatic carbocycles. The van der Waals surface area contributed by atoms with Crippen molar-refractivity contribution in [2.75, 3.05) is 13.0 Å². The summed E-state index contributed by atoms with van der Waals surface area (Å²) < 4.78 is 46.8. The van der Waals surface area contributed by atoms with Crippen molar-refractivity contribution in [1.29, 1.82) is 0 Å². The van der Waals surface area contributed by atoms with Crippen molar-refractivity contribution in [1.82, 2.24) is 4.98 Å². The number of fused-ring (bicyclic) bond motifs is 3. The normalized spacial score (nSPS) is 13.8. The van der Waals surface area contributed by atoms with Crippen LogP contribution in [0, 0.1) is 5.82 Å². The third-order valence-electron chi connectivity index (χ3n) is 10.3. The van der Waals surface area contributed by atoms with Crippen LogP contribution in [-0.2, 0) is 42.5 Å². The summed E-state index contributed by atoms with van der Waals surface area (Å²) >= 11 is 0. The maximum atomic E-state index is 14.2. The van der Waals surface area contributed by atoms with Crippen LogP contribution < -0.4 is 10.4 Å². The van der Waals surface area contributed by atoms with E-state index in [2.05, 4.69) is 52.8 Å². The van der Waals surface area contributed by atoms with Gasteiger partial charge >= 0.3 is 14.0 Å². The first-order valence-electron chi connectivity index (χ1n) is 18.9. The summed E-state index contributed by atoms with van der Waals surface area (Å²) in [5.41, 5.74) is 8.04. The Morgan fingerprint density at radius 2 is 1.51 bits per heavy atom. The highest BCUT2D eigenvalue weighted by Gasteiger charge is 2.52. The Labute approximate surface area is 325 Å². The molecular formula is C45H50FNO6PSi+. The van der Waals surface area contributed by atoms with Crippen molar-refractivity contribution in [2.45, 2.75) is 84.0 Å². The fourth-order valence-electron chi connectivity index (χ4n) is 7.90. The van der Waals surface area contributed by atoms with Crippen molar-refractivity contribution in [3.8, 4) is 22.4 Å². The van der Waals surface area contributed by atoms with Crippen molar-refractivity contribution >= 4 is 32.7 Å². The first-order chi connectivity index (χ1) is 26.4. The second-order valence-electron chi connectivity index (χ2n) is 15.5. The Morgan fingerprint density at radius 1 is 0.891 bits per heavy atom. The predicted octanol–water partition coefficient (Wildman–Crippen LogP) is 9.82. The van der Waals surface area contributed by atoms with E-state index in [1.165, 1.54) is 17.7 Å². The van der Waals surface area contributed by atoms with E-state index in [4.69, 9.17) is 18.7 Å². The molecule has 1 unspecified atom stereocenters. The number of ether oxygens (including phenoxy) is 1. The number of carbonyl (C=O) groups is 1. The molecule has 0 radical (unpaired) electrons. The Hall–Kier alpha value is -4.37. The monoisotopic (exact) mass is 778 g/mol. The molecule has 1 N–H and O–H groups in total. The summed E-state index contributed by atoms with van der Waals surface area (Å²) in [4.78, 5) is 17.5. The Kier molecular flexibility index (Phi) is 12.9. The molecule has 0 fully saturated rings. The van der Waals surface area contributed by atoms with Gasteiger partial charge in [0.2, 0.25) is 13.0 Å². The number of aryl methyl sites for hydroxylation is 1. The van der Waals surface area contributed by atoms with Crippen LogP contribution in [0.3, 0.4) is 0 Å². The van der Waals surface area contributed by atoms with Gasteiger partial charge in [0.15, 0.2) is 0 Å².